The van der Waals surface area contributed by atoms with Crippen molar-refractivity contribution in [2.24, 2.45) is 11.8 Å². The summed E-state index contributed by atoms with van der Waals surface area (Å²) in [6.45, 7) is 9.13. The van der Waals surface area contributed by atoms with Gasteiger partial charge in [-0.1, -0.05) is 27.7 Å². The summed E-state index contributed by atoms with van der Waals surface area (Å²) in [5.74, 6) is 1.55. The van der Waals surface area contributed by atoms with Crippen LogP contribution in [0.2, 0.25) is 0 Å². The van der Waals surface area contributed by atoms with Crippen molar-refractivity contribution in [3.8, 4) is 0 Å². The minimum atomic E-state index is 0.634. The van der Waals surface area contributed by atoms with E-state index in [1.165, 1.54) is 12.8 Å². The summed E-state index contributed by atoms with van der Waals surface area (Å²) in [6, 6.07) is 0.634. The Morgan fingerprint density at radius 2 is 1.31 bits per heavy atom. The summed E-state index contributed by atoms with van der Waals surface area (Å²) in [5, 5.41) is 2.06. The topological polar surface area (TPSA) is 15.3 Å². The van der Waals surface area contributed by atoms with Crippen molar-refractivity contribution in [3.05, 3.63) is 0 Å². The molecule has 0 aromatic carbocycles. The van der Waals surface area contributed by atoms with Crippen LogP contribution >= 0.6 is 0 Å². The molecule has 0 radical (unpaired) electrons. The smallest absolute Gasteiger partial charge is 0.0219 e. The van der Waals surface area contributed by atoms with Gasteiger partial charge in [-0.2, -0.15) is 0 Å². The second-order valence-electron chi connectivity index (χ2n) is 4.98. The molecule has 0 rings (SSSR count). The highest BCUT2D eigenvalue weighted by molar-refractivity contribution is 4.68. The molecule has 0 unspecified atom stereocenters. The third-order valence-electron chi connectivity index (χ3n) is 1.95. The van der Waals surface area contributed by atoms with Crippen LogP contribution in [-0.4, -0.2) is 25.1 Å². The highest BCUT2D eigenvalue weighted by Crippen LogP contribution is 2.13. The molecule has 13 heavy (non-hydrogen) atoms. The average Bonchev–Trinajstić information content (AvgIpc) is 1.80. The molecular weight excluding hydrogens is 160 g/mol. The van der Waals surface area contributed by atoms with E-state index in [9.17, 15) is 0 Å². The van der Waals surface area contributed by atoms with Gasteiger partial charge >= 0.3 is 0 Å². The molecule has 0 aliphatic heterocycles. The molecule has 2 nitrogen and oxygen atoms in total. The van der Waals surface area contributed by atoms with Crippen molar-refractivity contribution in [2.75, 3.05) is 14.1 Å². The van der Waals surface area contributed by atoms with Crippen LogP contribution in [0, 0.1) is 11.8 Å². The minimum absolute atomic E-state index is 0.634. The van der Waals surface area contributed by atoms with E-state index >= 15 is 0 Å². The first-order valence-electron chi connectivity index (χ1n) is 5.35. The van der Waals surface area contributed by atoms with Gasteiger partial charge in [-0.25, -0.2) is 0 Å². The van der Waals surface area contributed by atoms with E-state index in [4.69, 9.17) is 0 Å². The molecule has 0 amide bonds. The molecule has 0 atom stereocenters. The van der Waals surface area contributed by atoms with Crippen LogP contribution in [0.4, 0.5) is 0 Å². The van der Waals surface area contributed by atoms with Crippen LogP contribution in [-0.2, 0) is 0 Å². The fourth-order valence-electron chi connectivity index (χ4n) is 1.70. The van der Waals surface area contributed by atoms with Gasteiger partial charge in [0.2, 0.25) is 0 Å². The third kappa shape index (κ3) is 8.26. The van der Waals surface area contributed by atoms with Crippen molar-refractivity contribution in [1.82, 2.24) is 10.4 Å². The Labute approximate surface area is 83.7 Å². The Morgan fingerprint density at radius 3 is 1.54 bits per heavy atom. The summed E-state index contributed by atoms with van der Waals surface area (Å²) >= 11 is 0. The molecule has 0 bridgehead atoms. The molecule has 0 saturated carbocycles. The van der Waals surface area contributed by atoms with E-state index in [1.807, 2.05) is 0 Å². The summed E-state index contributed by atoms with van der Waals surface area (Å²) in [7, 11) is 4.13. The maximum absolute atomic E-state index is 3.48. The zero-order valence-corrected chi connectivity index (χ0v) is 10.1. The van der Waals surface area contributed by atoms with E-state index in [0.29, 0.717) is 6.04 Å². The van der Waals surface area contributed by atoms with Gasteiger partial charge in [-0.15, -0.1) is 0 Å². The summed E-state index contributed by atoms with van der Waals surface area (Å²) in [5.41, 5.74) is 3.48. The number of rotatable bonds is 6. The molecule has 0 aromatic heterocycles. The molecule has 0 heterocycles. The van der Waals surface area contributed by atoms with Crippen LogP contribution < -0.4 is 5.43 Å². The Kier molecular flexibility index (Phi) is 6.35. The molecular formula is C11H26N2. The number of hydrogen-bond acceptors (Lipinski definition) is 2. The van der Waals surface area contributed by atoms with Crippen molar-refractivity contribution in [2.45, 2.75) is 46.6 Å². The van der Waals surface area contributed by atoms with E-state index < -0.39 is 0 Å². The summed E-state index contributed by atoms with van der Waals surface area (Å²) in [4.78, 5) is 0. The standard InChI is InChI=1S/C11H26N2/c1-9(2)7-11(8-10(3)4)12-13(5)6/h9-12H,7-8H2,1-6H3. The quantitative estimate of drug-likeness (QED) is 0.641. The monoisotopic (exact) mass is 186 g/mol. The molecule has 0 saturated heterocycles. The zero-order valence-electron chi connectivity index (χ0n) is 10.1. The average molecular weight is 186 g/mol. The molecule has 0 fully saturated rings. The molecule has 2 heteroatoms. The third-order valence-corrected chi connectivity index (χ3v) is 1.95. The zero-order chi connectivity index (χ0) is 10.4. The molecule has 0 spiro atoms. The molecule has 0 aliphatic rings. The van der Waals surface area contributed by atoms with Gasteiger partial charge in [-0.05, 0) is 24.7 Å². The second kappa shape index (κ2) is 6.39. The SMILES string of the molecule is CC(C)CC(CC(C)C)NN(C)C. The van der Waals surface area contributed by atoms with Crippen molar-refractivity contribution < 1.29 is 0 Å². The van der Waals surface area contributed by atoms with Crippen molar-refractivity contribution >= 4 is 0 Å². The van der Waals surface area contributed by atoms with Gasteiger partial charge in [0.25, 0.3) is 0 Å². The van der Waals surface area contributed by atoms with Gasteiger partial charge in [0, 0.05) is 20.1 Å². The van der Waals surface area contributed by atoms with Crippen LogP contribution in [0.15, 0.2) is 0 Å². The van der Waals surface area contributed by atoms with Crippen LogP contribution in [0.25, 0.3) is 0 Å². The Morgan fingerprint density at radius 1 is 0.923 bits per heavy atom. The lowest BCUT2D eigenvalue weighted by atomic mass is 9.96. The van der Waals surface area contributed by atoms with E-state index in [1.54, 1.807) is 0 Å². The first-order valence-corrected chi connectivity index (χ1v) is 5.35. The number of hydrazine groups is 1. The highest BCUT2D eigenvalue weighted by Gasteiger charge is 2.12. The molecule has 0 aromatic rings. The molecule has 0 aliphatic carbocycles. The minimum Gasteiger partial charge on any atom is -0.253 e. The Bertz CT molecular complexity index is 95.5. The predicted octanol–water partition coefficient (Wildman–Crippen LogP) is 2.51. The second-order valence-corrected chi connectivity index (χ2v) is 4.98. The van der Waals surface area contributed by atoms with Gasteiger partial charge in [0.15, 0.2) is 0 Å². The van der Waals surface area contributed by atoms with E-state index in [2.05, 4.69) is 52.2 Å². The molecule has 1 N–H and O–H groups in total. The van der Waals surface area contributed by atoms with E-state index in [0.717, 1.165) is 11.8 Å². The predicted molar refractivity (Wildman–Crippen MR) is 59.5 cm³/mol. The fraction of sp³-hybridized carbons (Fsp3) is 1.00. The lowest BCUT2D eigenvalue weighted by Gasteiger charge is -2.25. The van der Waals surface area contributed by atoms with Gasteiger partial charge in [-0.3, -0.25) is 10.4 Å². The first kappa shape index (κ1) is 12.9. The maximum Gasteiger partial charge on any atom is 0.0219 e. The van der Waals surface area contributed by atoms with Crippen LogP contribution in [0.5, 0.6) is 0 Å². The molecule has 80 valence electrons. The van der Waals surface area contributed by atoms with Crippen LogP contribution in [0.3, 0.4) is 0 Å². The largest absolute Gasteiger partial charge is 0.253 e. The Balaban J connectivity index is 3.87. The number of hydrogen-bond donors (Lipinski definition) is 1. The number of nitrogens with one attached hydrogen (secondary N) is 1. The first-order chi connectivity index (χ1) is 5.91. The number of nitrogens with zero attached hydrogens (tertiary/aromatic N) is 1. The lowest BCUT2D eigenvalue weighted by molar-refractivity contribution is 0.203. The summed E-state index contributed by atoms with van der Waals surface area (Å²) < 4.78 is 0. The van der Waals surface area contributed by atoms with Crippen LogP contribution in [0.1, 0.15) is 40.5 Å². The lowest BCUT2D eigenvalue weighted by Crippen LogP contribution is -2.41. The maximum atomic E-state index is 3.48. The summed E-state index contributed by atoms with van der Waals surface area (Å²) in [6.07, 6.45) is 2.52. The highest BCUT2D eigenvalue weighted by atomic mass is 15.5. The Hall–Kier alpha value is -0.0800. The van der Waals surface area contributed by atoms with Crippen molar-refractivity contribution in [3.63, 3.8) is 0 Å². The van der Waals surface area contributed by atoms with Crippen molar-refractivity contribution in [1.29, 1.82) is 0 Å². The van der Waals surface area contributed by atoms with Gasteiger partial charge in [0.05, 0.1) is 0 Å². The van der Waals surface area contributed by atoms with Gasteiger partial charge in [0.1, 0.15) is 0 Å². The van der Waals surface area contributed by atoms with E-state index in [-0.39, 0.29) is 0 Å². The normalized spacial score (nSPS) is 12.5. The fourth-order valence-corrected chi connectivity index (χ4v) is 1.70. The van der Waals surface area contributed by atoms with Gasteiger partial charge < -0.3 is 0 Å².